The van der Waals surface area contributed by atoms with Gasteiger partial charge in [-0.3, -0.25) is 4.79 Å². The average molecular weight is 325 g/mol. The second-order valence-electron chi connectivity index (χ2n) is 5.90. The number of carbonyl (C=O) groups is 1. The van der Waals surface area contributed by atoms with Crippen LogP contribution in [-0.2, 0) is 0 Å². The van der Waals surface area contributed by atoms with Crippen molar-refractivity contribution in [1.82, 2.24) is 10.2 Å². The van der Waals surface area contributed by atoms with Gasteiger partial charge in [0, 0.05) is 30.5 Å². The summed E-state index contributed by atoms with van der Waals surface area (Å²) in [6.45, 7) is 6.16. The van der Waals surface area contributed by atoms with Crippen LogP contribution in [0.3, 0.4) is 0 Å². The van der Waals surface area contributed by atoms with E-state index in [-0.39, 0.29) is 5.91 Å². The molecule has 0 bridgehead atoms. The fourth-order valence-electron chi connectivity index (χ4n) is 2.51. The quantitative estimate of drug-likeness (QED) is 0.818. The Hall–Kier alpha value is -2.63. The molecule has 6 nitrogen and oxygen atoms in total. The third-order valence-corrected chi connectivity index (χ3v) is 4.08. The molecule has 1 aliphatic rings. The van der Waals surface area contributed by atoms with E-state index in [1.165, 1.54) is 12.8 Å². The standard InChI is InChI=1S/C18H23N5O/c1-3-23(4-2)15-9-7-14(8-10-15)20-18(24)16-11-12-17(22-21-16)19-13-5-6-13/h7-13H,3-6H2,1-2H3,(H,19,22)(H,20,24). The Morgan fingerprint density at radius 1 is 1.08 bits per heavy atom. The molecule has 126 valence electrons. The molecule has 1 saturated carbocycles. The molecular weight excluding hydrogens is 302 g/mol. The maximum Gasteiger partial charge on any atom is 0.276 e. The van der Waals surface area contributed by atoms with Crippen molar-refractivity contribution in [3.63, 3.8) is 0 Å². The maximum absolute atomic E-state index is 12.2. The molecule has 0 radical (unpaired) electrons. The number of hydrogen-bond acceptors (Lipinski definition) is 5. The third kappa shape index (κ3) is 4.01. The zero-order valence-corrected chi connectivity index (χ0v) is 14.1. The summed E-state index contributed by atoms with van der Waals surface area (Å²) in [6, 6.07) is 11.8. The van der Waals surface area contributed by atoms with Gasteiger partial charge >= 0.3 is 0 Å². The van der Waals surface area contributed by atoms with Crippen molar-refractivity contribution in [2.24, 2.45) is 0 Å². The van der Waals surface area contributed by atoms with Gasteiger partial charge < -0.3 is 15.5 Å². The van der Waals surface area contributed by atoms with Crippen molar-refractivity contribution in [1.29, 1.82) is 0 Å². The van der Waals surface area contributed by atoms with E-state index in [0.29, 0.717) is 11.7 Å². The highest BCUT2D eigenvalue weighted by atomic mass is 16.1. The Bertz CT molecular complexity index is 676. The number of rotatable bonds is 7. The van der Waals surface area contributed by atoms with Crippen molar-refractivity contribution in [2.75, 3.05) is 28.6 Å². The van der Waals surface area contributed by atoms with Gasteiger partial charge in [-0.25, -0.2) is 0 Å². The molecule has 1 aromatic carbocycles. The lowest BCUT2D eigenvalue weighted by atomic mass is 10.2. The molecule has 24 heavy (non-hydrogen) atoms. The van der Waals surface area contributed by atoms with Gasteiger partial charge in [0.15, 0.2) is 5.69 Å². The zero-order valence-electron chi connectivity index (χ0n) is 14.1. The smallest absolute Gasteiger partial charge is 0.276 e. The van der Waals surface area contributed by atoms with Crippen LogP contribution in [0.25, 0.3) is 0 Å². The fraction of sp³-hybridized carbons (Fsp3) is 0.389. The van der Waals surface area contributed by atoms with Crippen LogP contribution in [0.5, 0.6) is 0 Å². The van der Waals surface area contributed by atoms with E-state index < -0.39 is 0 Å². The largest absolute Gasteiger partial charge is 0.372 e. The summed E-state index contributed by atoms with van der Waals surface area (Å²) in [5.41, 5.74) is 2.20. The van der Waals surface area contributed by atoms with Gasteiger partial charge in [-0.2, -0.15) is 0 Å². The second kappa shape index (κ2) is 7.29. The van der Waals surface area contributed by atoms with Crippen molar-refractivity contribution in [3.05, 3.63) is 42.1 Å². The van der Waals surface area contributed by atoms with Gasteiger partial charge in [0.2, 0.25) is 0 Å². The van der Waals surface area contributed by atoms with Crippen LogP contribution >= 0.6 is 0 Å². The molecule has 0 spiro atoms. The van der Waals surface area contributed by atoms with Crippen LogP contribution in [0.1, 0.15) is 37.2 Å². The predicted octanol–water partition coefficient (Wildman–Crippen LogP) is 3.15. The number of anilines is 3. The van der Waals surface area contributed by atoms with E-state index in [0.717, 1.165) is 30.3 Å². The summed E-state index contributed by atoms with van der Waals surface area (Å²) < 4.78 is 0. The minimum atomic E-state index is -0.254. The molecule has 1 amide bonds. The number of nitrogens with one attached hydrogen (secondary N) is 2. The third-order valence-electron chi connectivity index (χ3n) is 4.08. The minimum Gasteiger partial charge on any atom is -0.372 e. The number of nitrogens with zero attached hydrogens (tertiary/aromatic N) is 3. The maximum atomic E-state index is 12.2. The monoisotopic (exact) mass is 325 g/mol. The zero-order chi connectivity index (χ0) is 16.9. The SMILES string of the molecule is CCN(CC)c1ccc(NC(=O)c2ccc(NC3CC3)nn2)cc1. The average Bonchev–Trinajstić information content (AvgIpc) is 3.42. The first-order chi connectivity index (χ1) is 11.7. The predicted molar refractivity (Wildman–Crippen MR) is 96.6 cm³/mol. The molecule has 0 unspecified atom stereocenters. The lowest BCUT2D eigenvalue weighted by Crippen LogP contribution is -2.21. The van der Waals surface area contributed by atoms with Crippen LogP contribution in [0, 0.1) is 0 Å². The molecule has 2 aromatic rings. The van der Waals surface area contributed by atoms with E-state index in [1.54, 1.807) is 12.1 Å². The van der Waals surface area contributed by atoms with Crippen molar-refractivity contribution >= 4 is 23.1 Å². The van der Waals surface area contributed by atoms with Gasteiger partial charge in [-0.05, 0) is 63.1 Å². The molecule has 2 N–H and O–H groups in total. The van der Waals surface area contributed by atoms with E-state index in [2.05, 4.69) is 39.6 Å². The molecule has 1 aromatic heterocycles. The molecule has 0 aliphatic heterocycles. The Morgan fingerprint density at radius 3 is 2.33 bits per heavy atom. The molecular formula is C18H23N5O. The van der Waals surface area contributed by atoms with Gasteiger partial charge in [0.1, 0.15) is 5.82 Å². The Labute approximate surface area is 142 Å². The van der Waals surface area contributed by atoms with E-state index in [4.69, 9.17) is 0 Å². The molecule has 6 heteroatoms. The van der Waals surface area contributed by atoms with Crippen LogP contribution < -0.4 is 15.5 Å². The number of hydrogen-bond donors (Lipinski definition) is 2. The van der Waals surface area contributed by atoms with E-state index in [9.17, 15) is 4.79 Å². The summed E-state index contributed by atoms with van der Waals surface area (Å²) in [4.78, 5) is 14.5. The first-order valence-electron chi connectivity index (χ1n) is 8.46. The Kier molecular flexibility index (Phi) is 4.93. The van der Waals surface area contributed by atoms with Crippen LogP contribution in [-0.4, -0.2) is 35.2 Å². The highest BCUT2D eigenvalue weighted by Gasteiger charge is 2.21. The summed E-state index contributed by atoms with van der Waals surface area (Å²) in [6.07, 6.45) is 2.35. The van der Waals surface area contributed by atoms with Crippen LogP contribution in [0.4, 0.5) is 17.2 Å². The molecule has 0 atom stereocenters. The number of benzene rings is 1. The Balaban J connectivity index is 1.61. The van der Waals surface area contributed by atoms with Crippen molar-refractivity contribution in [2.45, 2.75) is 32.7 Å². The normalized spacial score (nSPS) is 13.4. The van der Waals surface area contributed by atoms with Gasteiger partial charge in [-0.15, -0.1) is 10.2 Å². The fourth-order valence-corrected chi connectivity index (χ4v) is 2.51. The van der Waals surface area contributed by atoms with Gasteiger partial charge in [0.05, 0.1) is 0 Å². The Morgan fingerprint density at radius 2 is 1.79 bits per heavy atom. The van der Waals surface area contributed by atoms with Crippen LogP contribution in [0.2, 0.25) is 0 Å². The number of aromatic nitrogens is 2. The molecule has 3 rings (SSSR count). The molecule has 0 saturated heterocycles. The van der Waals surface area contributed by atoms with Gasteiger partial charge in [-0.1, -0.05) is 0 Å². The highest BCUT2D eigenvalue weighted by molar-refractivity contribution is 6.02. The molecule has 1 heterocycles. The minimum absolute atomic E-state index is 0.254. The van der Waals surface area contributed by atoms with Gasteiger partial charge in [0.25, 0.3) is 5.91 Å². The highest BCUT2D eigenvalue weighted by Crippen LogP contribution is 2.23. The first kappa shape index (κ1) is 16.2. The first-order valence-corrected chi connectivity index (χ1v) is 8.46. The van der Waals surface area contributed by atoms with Crippen molar-refractivity contribution < 1.29 is 4.79 Å². The summed E-state index contributed by atoms with van der Waals surface area (Å²) >= 11 is 0. The van der Waals surface area contributed by atoms with Crippen molar-refractivity contribution in [3.8, 4) is 0 Å². The summed E-state index contributed by atoms with van der Waals surface area (Å²) in [7, 11) is 0. The van der Waals surface area contributed by atoms with Crippen LogP contribution in [0.15, 0.2) is 36.4 Å². The number of carbonyl (C=O) groups excluding carboxylic acids is 1. The molecule has 1 fully saturated rings. The lowest BCUT2D eigenvalue weighted by Gasteiger charge is -2.21. The molecule has 1 aliphatic carbocycles. The topological polar surface area (TPSA) is 70.2 Å². The summed E-state index contributed by atoms with van der Waals surface area (Å²) in [5.74, 6) is 0.466. The summed E-state index contributed by atoms with van der Waals surface area (Å²) in [5, 5.41) is 14.1. The lowest BCUT2D eigenvalue weighted by molar-refractivity contribution is 0.102. The van der Waals surface area contributed by atoms with E-state index >= 15 is 0 Å². The second-order valence-corrected chi connectivity index (χ2v) is 5.90. The number of amides is 1. The van der Waals surface area contributed by atoms with E-state index in [1.807, 2.05) is 24.3 Å².